The average molecular weight is 364 g/mol. The maximum atomic E-state index is 11.8. The minimum atomic E-state index is -0.597. The number of hydrogen-bond acceptors (Lipinski definition) is 5. The van der Waals surface area contributed by atoms with Gasteiger partial charge in [0.2, 0.25) is 0 Å². The van der Waals surface area contributed by atoms with Gasteiger partial charge >= 0.3 is 12.2 Å². The van der Waals surface area contributed by atoms with Crippen molar-refractivity contribution in [2.75, 3.05) is 6.54 Å². The molecule has 26 heavy (non-hydrogen) atoms. The molecule has 144 valence electrons. The highest BCUT2D eigenvalue weighted by Crippen LogP contribution is 2.08. The van der Waals surface area contributed by atoms with E-state index >= 15 is 0 Å². The molecule has 0 bridgehead atoms. The molecule has 0 heterocycles. The van der Waals surface area contributed by atoms with Crippen LogP contribution in [0.2, 0.25) is 0 Å². The molecule has 1 aromatic rings. The van der Waals surface area contributed by atoms with Gasteiger partial charge in [-0.05, 0) is 39.2 Å². The SMILES string of the molecule is CC(C)(C)OC(=O)NC(CC=O)CCCNC(=O)OCc1ccccc1. The molecule has 1 rings (SSSR count). The standard InChI is InChI=1S/C19H28N2O5/c1-19(2,3)26-18(24)21-16(11-13-22)10-7-12-20-17(23)25-14-15-8-5-4-6-9-15/h4-6,8-9,13,16H,7,10-12,14H2,1-3H3,(H,20,23)(H,21,24). The largest absolute Gasteiger partial charge is 0.445 e. The van der Waals surface area contributed by atoms with Gasteiger partial charge in [0.25, 0.3) is 0 Å². The number of nitrogens with one attached hydrogen (secondary N) is 2. The van der Waals surface area contributed by atoms with Gasteiger partial charge in [-0.3, -0.25) is 0 Å². The van der Waals surface area contributed by atoms with Crippen LogP contribution in [0.1, 0.15) is 45.6 Å². The second-order valence-corrected chi connectivity index (χ2v) is 6.88. The molecule has 0 saturated carbocycles. The molecule has 2 N–H and O–H groups in total. The number of amides is 2. The topological polar surface area (TPSA) is 93.7 Å². The first kappa shape index (κ1) is 21.5. The zero-order valence-electron chi connectivity index (χ0n) is 15.6. The van der Waals surface area contributed by atoms with Gasteiger partial charge in [0.05, 0.1) is 0 Å². The number of benzene rings is 1. The van der Waals surface area contributed by atoms with E-state index in [0.717, 1.165) is 11.8 Å². The molecular weight excluding hydrogens is 336 g/mol. The summed E-state index contributed by atoms with van der Waals surface area (Å²) in [6.45, 7) is 5.91. The minimum Gasteiger partial charge on any atom is -0.445 e. The Balaban J connectivity index is 2.24. The monoisotopic (exact) mass is 364 g/mol. The Morgan fingerprint density at radius 1 is 1.15 bits per heavy atom. The van der Waals surface area contributed by atoms with Gasteiger partial charge in [0.15, 0.2) is 0 Å². The predicted octanol–water partition coefficient (Wildman–Crippen LogP) is 3.18. The van der Waals surface area contributed by atoms with Crippen LogP contribution in [0.15, 0.2) is 30.3 Å². The number of alkyl carbamates (subject to hydrolysis) is 2. The average Bonchev–Trinajstić information content (AvgIpc) is 2.56. The number of ether oxygens (including phenoxy) is 2. The van der Waals surface area contributed by atoms with Crippen LogP contribution >= 0.6 is 0 Å². The summed E-state index contributed by atoms with van der Waals surface area (Å²) in [7, 11) is 0. The van der Waals surface area contributed by atoms with E-state index in [1.165, 1.54) is 0 Å². The number of aldehydes is 1. The first-order chi connectivity index (χ1) is 12.3. The maximum Gasteiger partial charge on any atom is 0.407 e. The third-order valence-corrected chi connectivity index (χ3v) is 3.31. The Morgan fingerprint density at radius 3 is 2.46 bits per heavy atom. The van der Waals surface area contributed by atoms with E-state index in [9.17, 15) is 14.4 Å². The van der Waals surface area contributed by atoms with E-state index in [0.29, 0.717) is 19.4 Å². The van der Waals surface area contributed by atoms with Crippen molar-refractivity contribution in [1.82, 2.24) is 10.6 Å². The Labute approximate surface area is 154 Å². The molecule has 1 aromatic carbocycles. The van der Waals surface area contributed by atoms with Crippen LogP contribution in [-0.4, -0.2) is 36.7 Å². The molecule has 1 unspecified atom stereocenters. The summed E-state index contributed by atoms with van der Waals surface area (Å²) in [5.74, 6) is 0. The number of carbonyl (C=O) groups is 3. The minimum absolute atomic E-state index is 0.192. The van der Waals surface area contributed by atoms with Crippen LogP contribution in [0.3, 0.4) is 0 Å². The molecule has 1 atom stereocenters. The first-order valence-electron chi connectivity index (χ1n) is 8.68. The lowest BCUT2D eigenvalue weighted by molar-refractivity contribution is -0.108. The lowest BCUT2D eigenvalue weighted by Gasteiger charge is -2.22. The Morgan fingerprint density at radius 2 is 1.85 bits per heavy atom. The fraction of sp³-hybridized carbons (Fsp3) is 0.526. The summed E-state index contributed by atoms with van der Waals surface area (Å²) < 4.78 is 10.3. The Hall–Kier alpha value is -2.57. The first-order valence-corrected chi connectivity index (χ1v) is 8.68. The van der Waals surface area contributed by atoms with E-state index in [1.807, 2.05) is 30.3 Å². The molecule has 0 spiro atoms. The highest BCUT2D eigenvalue weighted by Gasteiger charge is 2.19. The highest BCUT2D eigenvalue weighted by molar-refractivity contribution is 5.69. The van der Waals surface area contributed by atoms with Gasteiger partial charge in [0.1, 0.15) is 18.5 Å². The number of carbonyl (C=O) groups excluding carboxylic acids is 3. The Kier molecular flexibility index (Phi) is 9.19. The molecule has 0 radical (unpaired) electrons. The maximum absolute atomic E-state index is 11.8. The summed E-state index contributed by atoms with van der Waals surface area (Å²) in [5.41, 5.74) is 0.315. The summed E-state index contributed by atoms with van der Waals surface area (Å²) in [6.07, 6.45) is 1.02. The van der Waals surface area contributed by atoms with Crippen LogP contribution in [0.5, 0.6) is 0 Å². The van der Waals surface area contributed by atoms with E-state index in [1.54, 1.807) is 20.8 Å². The predicted molar refractivity (Wildman–Crippen MR) is 97.7 cm³/mol. The van der Waals surface area contributed by atoms with Gasteiger partial charge in [-0.15, -0.1) is 0 Å². The molecule has 0 aromatic heterocycles. The molecular formula is C19H28N2O5. The summed E-state index contributed by atoms with van der Waals surface area (Å²) in [6, 6.07) is 9.07. The molecule has 0 aliphatic rings. The van der Waals surface area contributed by atoms with Crippen molar-refractivity contribution in [3.8, 4) is 0 Å². The van der Waals surface area contributed by atoms with Crippen molar-refractivity contribution in [3.05, 3.63) is 35.9 Å². The van der Waals surface area contributed by atoms with Gasteiger partial charge in [0, 0.05) is 19.0 Å². The zero-order chi connectivity index (χ0) is 19.4. The van der Waals surface area contributed by atoms with Crippen molar-refractivity contribution >= 4 is 18.5 Å². The lowest BCUT2D eigenvalue weighted by atomic mass is 10.1. The van der Waals surface area contributed by atoms with Crippen LogP contribution in [0.4, 0.5) is 9.59 Å². The quantitative estimate of drug-likeness (QED) is 0.518. The highest BCUT2D eigenvalue weighted by atomic mass is 16.6. The van der Waals surface area contributed by atoms with Crippen LogP contribution in [0.25, 0.3) is 0 Å². The van der Waals surface area contributed by atoms with E-state index in [4.69, 9.17) is 9.47 Å². The van der Waals surface area contributed by atoms with Crippen molar-refractivity contribution in [2.45, 2.75) is 58.3 Å². The van der Waals surface area contributed by atoms with Gasteiger partial charge in [-0.2, -0.15) is 0 Å². The van der Waals surface area contributed by atoms with Gasteiger partial charge in [-0.1, -0.05) is 30.3 Å². The molecule has 0 saturated heterocycles. The Bertz CT molecular complexity index is 569. The molecule has 2 amide bonds. The molecule has 0 fully saturated rings. The second-order valence-electron chi connectivity index (χ2n) is 6.88. The molecule has 0 aliphatic heterocycles. The van der Waals surface area contributed by atoms with Crippen LogP contribution in [0, 0.1) is 0 Å². The summed E-state index contributed by atoms with van der Waals surface area (Å²) in [5, 5.41) is 5.32. The van der Waals surface area contributed by atoms with E-state index in [2.05, 4.69) is 10.6 Å². The van der Waals surface area contributed by atoms with Gasteiger partial charge < -0.3 is 24.9 Å². The van der Waals surface area contributed by atoms with E-state index in [-0.39, 0.29) is 19.1 Å². The third-order valence-electron chi connectivity index (χ3n) is 3.31. The van der Waals surface area contributed by atoms with Gasteiger partial charge in [-0.25, -0.2) is 9.59 Å². The third kappa shape index (κ3) is 10.3. The van der Waals surface area contributed by atoms with Crippen molar-refractivity contribution in [1.29, 1.82) is 0 Å². The van der Waals surface area contributed by atoms with Crippen molar-refractivity contribution in [3.63, 3.8) is 0 Å². The lowest BCUT2D eigenvalue weighted by Crippen LogP contribution is -2.39. The normalized spacial score (nSPS) is 12.0. The number of rotatable bonds is 9. The van der Waals surface area contributed by atoms with Crippen molar-refractivity contribution < 1.29 is 23.9 Å². The van der Waals surface area contributed by atoms with Crippen LogP contribution in [-0.2, 0) is 20.9 Å². The smallest absolute Gasteiger partial charge is 0.407 e. The van der Waals surface area contributed by atoms with Crippen molar-refractivity contribution in [2.24, 2.45) is 0 Å². The summed E-state index contributed by atoms with van der Waals surface area (Å²) in [4.78, 5) is 34.2. The molecule has 7 heteroatoms. The fourth-order valence-corrected chi connectivity index (χ4v) is 2.15. The summed E-state index contributed by atoms with van der Waals surface area (Å²) >= 11 is 0. The molecule has 0 aliphatic carbocycles. The van der Waals surface area contributed by atoms with E-state index < -0.39 is 17.8 Å². The zero-order valence-corrected chi connectivity index (χ0v) is 15.6. The van der Waals surface area contributed by atoms with Crippen LogP contribution < -0.4 is 10.6 Å². The molecule has 7 nitrogen and oxygen atoms in total. The second kappa shape index (κ2) is 11.1. The number of hydrogen-bond donors (Lipinski definition) is 2. The fourth-order valence-electron chi connectivity index (χ4n) is 2.15.